The van der Waals surface area contributed by atoms with Crippen molar-refractivity contribution >= 4 is 88.7 Å². The summed E-state index contributed by atoms with van der Waals surface area (Å²) in [5, 5.41) is 2.69. The van der Waals surface area contributed by atoms with Gasteiger partial charge in [-0.1, -0.05) is 142 Å². The van der Waals surface area contributed by atoms with Crippen LogP contribution in [0.15, 0.2) is 127 Å². The van der Waals surface area contributed by atoms with E-state index in [4.69, 9.17) is 0 Å². The van der Waals surface area contributed by atoms with Crippen molar-refractivity contribution in [3.63, 3.8) is 0 Å². The number of hydrogen-bond acceptors (Lipinski definition) is 3. The first-order valence-electron chi connectivity index (χ1n) is 23.5. The van der Waals surface area contributed by atoms with Crippen LogP contribution in [0.5, 0.6) is 0 Å². The molecule has 0 spiro atoms. The normalized spacial score (nSPS) is 16.2. The van der Waals surface area contributed by atoms with Crippen LogP contribution in [0.4, 0.5) is 34.1 Å². The predicted molar refractivity (Wildman–Crippen MR) is 281 cm³/mol. The summed E-state index contributed by atoms with van der Waals surface area (Å²) in [5.41, 5.74) is 22.7. The van der Waals surface area contributed by atoms with Crippen LogP contribution in [0.2, 0.25) is 0 Å². The molecule has 1 aromatic heterocycles. The molecule has 2 nitrogen and oxygen atoms in total. The predicted octanol–water partition coefficient (Wildman–Crippen LogP) is 15.4. The van der Waals surface area contributed by atoms with Crippen molar-refractivity contribution in [3.05, 3.63) is 161 Å². The van der Waals surface area contributed by atoms with Gasteiger partial charge < -0.3 is 9.80 Å². The Morgan fingerprint density at radius 2 is 1.02 bits per heavy atom. The van der Waals surface area contributed by atoms with Gasteiger partial charge in [-0.15, -0.1) is 11.3 Å². The smallest absolute Gasteiger partial charge is 0.252 e. The number of fused-ring (bicyclic) bond motifs is 8. The van der Waals surface area contributed by atoms with E-state index in [-0.39, 0.29) is 28.4 Å². The summed E-state index contributed by atoms with van der Waals surface area (Å²) in [4.78, 5) is 5.30. The van der Waals surface area contributed by atoms with Gasteiger partial charge in [0.1, 0.15) is 0 Å². The largest absolute Gasteiger partial charge is 0.311 e. The molecule has 11 rings (SSSR count). The van der Waals surface area contributed by atoms with Crippen molar-refractivity contribution in [1.29, 1.82) is 0 Å². The lowest BCUT2D eigenvalue weighted by atomic mass is 9.33. The summed E-state index contributed by atoms with van der Waals surface area (Å²) < 4.78 is 2.70. The summed E-state index contributed by atoms with van der Waals surface area (Å²) in [7, 11) is 0. The second kappa shape index (κ2) is 14.0. The molecule has 7 aromatic carbocycles. The van der Waals surface area contributed by atoms with Crippen LogP contribution < -0.4 is 26.2 Å². The topological polar surface area (TPSA) is 6.48 Å². The van der Waals surface area contributed by atoms with E-state index in [9.17, 15) is 0 Å². The Morgan fingerprint density at radius 3 is 1.66 bits per heavy atom. The highest BCUT2D eigenvalue weighted by molar-refractivity contribution is 7.26. The molecule has 0 fully saturated rings. The molecule has 3 heterocycles. The SMILES string of the molecule is Cc1cc(C(C)(C)C)ccc1N1c2cc3c(cc2B2c4cc5sc6ccc(C(C)(C)C)cc6c5cc4N(c4ccccc4C)c4cc(-c5ccccc5)cc1c42)C(C)(C)CCC3(C)C. The average Bonchev–Trinajstić information content (AvgIpc) is 3.61. The molecule has 4 heteroatoms. The molecule has 64 heavy (non-hydrogen) atoms. The van der Waals surface area contributed by atoms with Crippen LogP contribution in [0, 0.1) is 13.8 Å². The Bertz CT molecular complexity index is 3230. The number of benzene rings is 7. The summed E-state index contributed by atoms with van der Waals surface area (Å²) in [6, 6.07) is 50.0. The standard InChI is InChI=1S/C60H61BN2S/c1-36-18-16-17-21-48(36)62-50-32-43-42-31-41(58(6,7)8)23-25-54(42)64-55(43)35-47(50)61-46-33-44-45(60(11,12)27-26-59(44,9)10)34-51(46)63(49-24-22-40(28-37(49)2)57(3,4)5)53-30-39(29-52(62)56(53)61)38-19-14-13-15-20-38/h13-25,28-35H,26-27H2,1-12H3. The first-order chi connectivity index (χ1) is 30.3. The van der Waals surface area contributed by atoms with E-state index in [2.05, 4.69) is 220 Å². The maximum absolute atomic E-state index is 2.68. The van der Waals surface area contributed by atoms with Crippen molar-refractivity contribution in [2.75, 3.05) is 9.80 Å². The first-order valence-corrected chi connectivity index (χ1v) is 24.3. The molecular weight excluding hydrogens is 792 g/mol. The van der Waals surface area contributed by atoms with Crippen molar-refractivity contribution in [2.45, 2.75) is 118 Å². The van der Waals surface area contributed by atoms with Gasteiger partial charge in [0.2, 0.25) is 0 Å². The monoisotopic (exact) mass is 852 g/mol. The molecule has 0 N–H and O–H groups in total. The minimum atomic E-state index is 0.0244. The second-order valence-electron chi connectivity index (χ2n) is 22.6. The van der Waals surface area contributed by atoms with E-state index in [0.29, 0.717) is 0 Å². The Balaban J connectivity index is 1.31. The van der Waals surface area contributed by atoms with Crippen LogP contribution in [0.1, 0.15) is 115 Å². The number of anilines is 6. The molecule has 3 aliphatic rings. The number of nitrogens with zero attached hydrogens (tertiary/aromatic N) is 2. The lowest BCUT2D eigenvalue weighted by Gasteiger charge is -2.48. The number of hydrogen-bond donors (Lipinski definition) is 0. The fourth-order valence-corrected chi connectivity index (χ4v) is 12.4. The molecule has 0 amide bonds. The number of aryl methyl sites for hydroxylation is 2. The highest BCUT2D eigenvalue weighted by Gasteiger charge is 2.47. The summed E-state index contributed by atoms with van der Waals surface area (Å²) in [6.07, 6.45) is 2.34. The Labute approximate surface area is 386 Å². The third-order valence-electron chi connectivity index (χ3n) is 15.3. The van der Waals surface area contributed by atoms with Gasteiger partial charge in [-0.25, -0.2) is 0 Å². The van der Waals surface area contributed by atoms with Crippen molar-refractivity contribution in [1.82, 2.24) is 0 Å². The highest BCUT2D eigenvalue weighted by atomic mass is 32.1. The molecule has 0 saturated heterocycles. The average molecular weight is 853 g/mol. The van der Waals surface area contributed by atoms with Crippen molar-refractivity contribution in [3.8, 4) is 11.1 Å². The zero-order valence-corrected chi connectivity index (χ0v) is 40.7. The zero-order chi connectivity index (χ0) is 44.8. The van der Waals surface area contributed by atoms with E-state index in [0.717, 1.165) is 0 Å². The maximum Gasteiger partial charge on any atom is 0.252 e. The molecule has 0 bridgehead atoms. The fourth-order valence-electron chi connectivity index (χ4n) is 11.3. The molecule has 0 saturated carbocycles. The summed E-state index contributed by atoms with van der Waals surface area (Å²) in [6.45, 7) is 28.5. The Hall–Kier alpha value is -5.58. The van der Waals surface area contributed by atoms with Crippen LogP contribution in [-0.2, 0) is 21.7 Å². The number of rotatable bonds is 3. The Morgan fingerprint density at radius 1 is 0.469 bits per heavy atom. The van der Waals surface area contributed by atoms with Gasteiger partial charge >= 0.3 is 0 Å². The molecule has 0 atom stereocenters. The number of para-hydroxylation sites is 1. The molecule has 1 aliphatic carbocycles. The Kier molecular flexibility index (Phi) is 8.98. The third kappa shape index (κ3) is 6.26. The number of thiophene rings is 1. The van der Waals surface area contributed by atoms with Gasteiger partial charge in [-0.05, 0) is 164 Å². The van der Waals surface area contributed by atoms with E-state index in [1.165, 1.54) is 128 Å². The van der Waals surface area contributed by atoms with E-state index < -0.39 is 0 Å². The summed E-state index contributed by atoms with van der Waals surface area (Å²) in [5.74, 6) is 0. The van der Waals surface area contributed by atoms with Crippen molar-refractivity contribution < 1.29 is 0 Å². The van der Waals surface area contributed by atoms with Crippen LogP contribution in [0.25, 0.3) is 31.3 Å². The molecule has 0 unspecified atom stereocenters. The quantitative estimate of drug-likeness (QED) is 0.163. The first kappa shape index (κ1) is 41.2. The third-order valence-corrected chi connectivity index (χ3v) is 16.4. The van der Waals surface area contributed by atoms with Gasteiger partial charge in [-0.2, -0.15) is 0 Å². The van der Waals surface area contributed by atoms with Crippen LogP contribution in [0.3, 0.4) is 0 Å². The molecule has 2 aliphatic heterocycles. The molecule has 0 radical (unpaired) electrons. The van der Waals surface area contributed by atoms with E-state index in [1.807, 2.05) is 11.3 Å². The second-order valence-corrected chi connectivity index (χ2v) is 23.7. The zero-order valence-electron chi connectivity index (χ0n) is 39.9. The van der Waals surface area contributed by atoms with Crippen molar-refractivity contribution in [2.24, 2.45) is 0 Å². The fraction of sp³-hybridized carbons (Fsp3) is 0.300. The van der Waals surface area contributed by atoms with Gasteiger partial charge in [0.05, 0.1) is 0 Å². The minimum absolute atomic E-state index is 0.0244. The minimum Gasteiger partial charge on any atom is -0.311 e. The molecular formula is C60H61BN2S. The van der Waals surface area contributed by atoms with Gasteiger partial charge in [-0.3, -0.25) is 0 Å². The van der Waals surface area contributed by atoms with Gasteiger partial charge in [0.15, 0.2) is 0 Å². The molecule has 320 valence electrons. The highest BCUT2D eigenvalue weighted by Crippen LogP contribution is 2.52. The van der Waals surface area contributed by atoms with Gasteiger partial charge in [0, 0.05) is 54.3 Å². The lowest BCUT2D eigenvalue weighted by molar-refractivity contribution is 0.332. The van der Waals surface area contributed by atoms with Crippen LogP contribution in [-0.4, -0.2) is 6.71 Å². The van der Waals surface area contributed by atoms with E-state index in [1.54, 1.807) is 0 Å². The van der Waals surface area contributed by atoms with Gasteiger partial charge in [0.25, 0.3) is 6.71 Å². The maximum atomic E-state index is 2.68. The summed E-state index contributed by atoms with van der Waals surface area (Å²) >= 11 is 1.95. The molecule has 8 aromatic rings. The van der Waals surface area contributed by atoms with Crippen LogP contribution >= 0.6 is 11.3 Å². The lowest BCUT2D eigenvalue weighted by Crippen LogP contribution is -2.62. The van der Waals surface area contributed by atoms with E-state index >= 15 is 0 Å².